The maximum absolute atomic E-state index is 17.0. The first-order valence-electron chi connectivity index (χ1n) is 27.9. The van der Waals surface area contributed by atoms with Crippen molar-refractivity contribution >= 4 is 35.3 Å². The molecule has 0 saturated carbocycles. The third-order valence-corrected chi connectivity index (χ3v) is 16.4. The summed E-state index contributed by atoms with van der Waals surface area (Å²) in [6.07, 6.45) is -2.04. The molecule has 5 aliphatic rings. The Morgan fingerprint density at radius 3 is 2.17 bits per heavy atom. The summed E-state index contributed by atoms with van der Waals surface area (Å²) in [4.78, 5) is 84.7. The number of aliphatic hydroxyl groups excluding tert-OH is 1. The highest BCUT2D eigenvalue weighted by Gasteiger charge is 2.76. The minimum Gasteiger partial charge on any atom is -0.491 e. The van der Waals surface area contributed by atoms with Gasteiger partial charge >= 0.3 is 12.1 Å². The van der Waals surface area contributed by atoms with E-state index in [-0.39, 0.29) is 56.6 Å². The van der Waals surface area contributed by atoms with E-state index in [4.69, 9.17) is 23.7 Å². The minimum atomic E-state index is -2.12. The van der Waals surface area contributed by atoms with Crippen LogP contribution in [-0.2, 0) is 49.0 Å². The summed E-state index contributed by atoms with van der Waals surface area (Å²) in [5.41, 5.74) is 2.98. The van der Waals surface area contributed by atoms with Crippen LogP contribution in [0, 0.1) is 27.9 Å². The number of ether oxygens (including phenoxy) is 5. The topological polar surface area (TPSA) is 194 Å². The Morgan fingerprint density at radius 2 is 1.44 bits per heavy atom. The molecule has 0 aliphatic carbocycles. The van der Waals surface area contributed by atoms with Crippen LogP contribution in [0.1, 0.15) is 62.7 Å². The third-order valence-electron chi connectivity index (χ3n) is 16.4. The first-order chi connectivity index (χ1) is 41.0. The molecule has 1 N–H and O–H groups in total. The number of aliphatic hydroxyl groups is 1. The number of non-ortho nitro benzene ring substituents is 1. The lowest BCUT2D eigenvalue weighted by atomic mass is 9.64. The van der Waals surface area contributed by atoms with Crippen molar-refractivity contribution in [1.29, 1.82) is 0 Å². The second kappa shape index (κ2) is 23.8. The SMILES string of the molecule is CN(CC#Cc1ccc2c(c1)[C@]1(C(=O)N2C(=O)OCc2ccc([N+](=O)[O-])cc2)[C@H](c2cccc(OCCO)c2)N2[C@H](c3ccccc3)[C@H](c3ccccc3)OC(=O)[C@H]2[C@@H]1C(=O)N1CCN(Cc2ccc3c(c2)OCO3)CC1)Cc1ccccc1. The zero-order chi connectivity index (χ0) is 57.9. The summed E-state index contributed by atoms with van der Waals surface area (Å²) >= 11 is 0. The van der Waals surface area contributed by atoms with Gasteiger partial charge in [-0.3, -0.25) is 39.2 Å². The smallest absolute Gasteiger partial charge is 0.421 e. The Morgan fingerprint density at radius 1 is 0.750 bits per heavy atom. The van der Waals surface area contributed by atoms with Crippen LogP contribution in [-0.4, -0.2) is 119 Å². The number of morpholine rings is 1. The highest BCUT2D eigenvalue weighted by Crippen LogP contribution is 2.66. The molecule has 0 aromatic heterocycles. The second-order valence-corrected chi connectivity index (χ2v) is 21.5. The monoisotopic (exact) mass is 1130 g/mol. The third kappa shape index (κ3) is 10.6. The van der Waals surface area contributed by atoms with E-state index in [1.807, 2.05) is 127 Å². The predicted molar refractivity (Wildman–Crippen MR) is 308 cm³/mol. The fourth-order valence-electron chi connectivity index (χ4n) is 12.7. The Balaban J connectivity index is 1.04. The minimum absolute atomic E-state index is 0.0545. The number of carbonyl (C=O) groups is 4. The number of esters is 1. The fraction of sp³-hybridized carbons (Fsp3) is 0.273. The molecule has 18 heteroatoms. The largest absolute Gasteiger partial charge is 0.491 e. The van der Waals surface area contributed by atoms with Crippen LogP contribution in [0.25, 0.3) is 0 Å². The van der Waals surface area contributed by atoms with Gasteiger partial charge in [-0.15, -0.1) is 0 Å². The maximum Gasteiger partial charge on any atom is 0.421 e. The number of fused-ring (bicyclic) bond motifs is 4. The van der Waals surface area contributed by atoms with Crippen LogP contribution in [0.3, 0.4) is 0 Å². The van der Waals surface area contributed by atoms with Crippen LogP contribution >= 0.6 is 0 Å². The summed E-state index contributed by atoms with van der Waals surface area (Å²) in [5, 5.41) is 21.6. The Bertz CT molecular complexity index is 3670. The zero-order valence-electron chi connectivity index (χ0n) is 46.0. The Hall–Kier alpha value is -9.38. The number of rotatable bonds is 15. The number of piperazine rings is 1. The van der Waals surface area contributed by atoms with E-state index in [1.165, 1.54) is 24.3 Å². The van der Waals surface area contributed by atoms with Gasteiger partial charge < -0.3 is 33.7 Å². The molecule has 0 unspecified atom stereocenters. The molecule has 0 bridgehead atoms. The van der Waals surface area contributed by atoms with E-state index in [0.29, 0.717) is 72.2 Å². The number of hydrogen-bond donors (Lipinski definition) is 1. The summed E-state index contributed by atoms with van der Waals surface area (Å²) in [6, 6.07) is 48.9. The first kappa shape index (κ1) is 55.2. The van der Waals surface area contributed by atoms with Crippen LogP contribution in [0.4, 0.5) is 16.2 Å². The fourth-order valence-corrected chi connectivity index (χ4v) is 12.7. The molecule has 3 saturated heterocycles. The average Bonchev–Trinajstić information content (AvgIpc) is 1.54. The van der Waals surface area contributed by atoms with E-state index >= 15 is 19.2 Å². The molecule has 18 nitrogen and oxygen atoms in total. The van der Waals surface area contributed by atoms with Crippen LogP contribution < -0.4 is 19.1 Å². The summed E-state index contributed by atoms with van der Waals surface area (Å²) < 4.78 is 30.1. The molecule has 7 aromatic rings. The molecule has 3 fully saturated rings. The lowest BCUT2D eigenvalue weighted by molar-refractivity contribution is -0.384. The predicted octanol–water partition coefficient (Wildman–Crippen LogP) is 8.52. The van der Waals surface area contributed by atoms with Gasteiger partial charge in [0, 0.05) is 57.0 Å². The van der Waals surface area contributed by atoms with Gasteiger partial charge in [-0.05, 0) is 101 Å². The van der Waals surface area contributed by atoms with E-state index in [0.717, 1.165) is 21.6 Å². The maximum atomic E-state index is 17.0. The van der Waals surface area contributed by atoms with Crippen LogP contribution in [0.5, 0.6) is 17.2 Å². The van der Waals surface area contributed by atoms with Gasteiger partial charge in [-0.2, -0.15) is 0 Å². The molecule has 5 heterocycles. The van der Waals surface area contributed by atoms with Gasteiger partial charge in [0.05, 0.1) is 41.8 Å². The van der Waals surface area contributed by atoms with Crippen molar-refractivity contribution in [3.05, 3.63) is 231 Å². The van der Waals surface area contributed by atoms with Crippen molar-refractivity contribution in [3.63, 3.8) is 0 Å². The van der Waals surface area contributed by atoms with Crippen LogP contribution in [0.15, 0.2) is 176 Å². The standard InChI is InChI=1S/C66H60N6O12/c1-67(40-45-13-5-2-6-14-45)30-12-15-44-24-28-54-53(37-44)66(64(76)70(54)65(77)81-42-46-22-26-51(27-23-46)72(78)79)57(62(74)69-33-31-68(32-34-69)41-47-25-29-55-56(38-47)83-43-82-55)59-63(75)84-60(49-18-9-4-10-19-49)58(48-16-7-3-8-17-48)71(59)61(66)50-20-11-21-52(39-50)80-36-35-73/h2-11,13-14,16-29,37-39,57-61,73H,30-36,40-43H2,1H3/t57-,58-,59-,60+,61+,66-/m1/s1. The molecule has 7 aromatic carbocycles. The number of nitrogens with zero attached hydrogens (tertiary/aromatic N) is 6. The van der Waals surface area contributed by atoms with E-state index in [2.05, 4.69) is 21.6 Å². The van der Waals surface area contributed by atoms with Crippen molar-refractivity contribution in [2.45, 2.75) is 49.3 Å². The number of hydrogen-bond acceptors (Lipinski definition) is 15. The number of anilines is 1. The van der Waals surface area contributed by atoms with Gasteiger partial charge in [0.1, 0.15) is 36.5 Å². The Kier molecular flexibility index (Phi) is 15.7. The van der Waals surface area contributed by atoms with Crippen molar-refractivity contribution in [1.82, 2.24) is 19.6 Å². The number of imide groups is 1. The number of cyclic esters (lactones) is 1. The molecule has 0 radical (unpaired) electrons. The van der Waals surface area contributed by atoms with Crippen LogP contribution in [0.2, 0.25) is 0 Å². The molecule has 12 rings (SSSR count). The van der Waals surface area contributed by atoms with E-state index < -0.39 is 64.4 Å². The summed E-state index contributed by atoms with van der Waals surface area (Å²) in [5.74, 6) is 4.72. The number of amides is 3. The van der Waals surface area contributed by atoms with Crippen molar-refractivity contribution in [3.8, 4) is 29.1 Å². The lowest BCUT2D eigenvalue weighted by Crippen LogP contribution is -2.59. The molecule has 3 amide bonds. The molecule has 1 spiro atoms. The van der Waals surface area contributed by atoms with E-state index in [9.17, 15) is 15.2 Å². The number of nitro benzene ring substituents is 1. The highest BCUT2D eigenvalue weighted by atomic mass is 16.7. The number of carbonyl (C=O) groups excluding carboxylic acids is 4. The molecule has 426 valence electrons. The zero-order valence-corrected chi connectivity index (χ0v) is 46.0. The average molecular weight is 1130 g/mol. The molecular weight excluding hydrogens is 1070 g/mol. The van der Waals surface area contributed by atoms with Gasteiger partial charge in [0.2, 0.25) is 18.6 Å². The van der Waals surface area contributed by atoms with Crippen molar-refractivity contribution < 1.29 is 52.9 Å². The van der Waals surface area contributed by atoms with Gasteiger partial charge in [-0.25, -0.2) is 9.69 Å². The summed E-state index contributed by atoms with van der Waals surface area (Å²) in [6.45, 7) is 2.33. The van der Waals surface area contributed by atoms with Gasteiger partial charge in [0.15, 0.2) is 11.5 Å². The molecule has 84 heavy (non-hydrogen) atoms. The Labute approximate surface area is 485 Å². The quantitative estimate of drug-likeness (QED) is 0.0444. The molecular formula is C66H60N6O12. The second-order valence-electron chi connectivity index (χ2n) is 21.5. The number of nitro groups is 1. The van der Waals surface area contributed by atoms with E-state index in [1.54, 1.807) is 41.3 Å². The van der Waals surface area contributed by atoms with Gasteiger partial charge in [-0.1, -0.05) is 121 Å². The summed E-state index contributed by atoms with van der Waals surface area (Å²) in [7, 11) is 1.97. The highest BCUT2D eigenvalue weighted by molar-refractivity contribution is 6.23. The van der Waals surface area contributed by atoms with Crippen molar-refractivity contribution in [2.75, 3.05) is 64.7 Å². The normalized spacial score (nSPS) is 21.6. The number of benzene rings is 7. The molecule has 5 aliphatic heterocycles. The molecule has 6 atom stereocenters. The van der Waals surface area contributed by atoms with Gasteiger partial charge in [0.25, 0.3) is 5.69 Å². The van der Waals surface area contributed by atoms with Crippen molar-refractivity contribution in [2.24, 2.45) is 5.92 Å². The lowest BCUT2D eigenvalue weighted by Gasteiger charge is -2.46. The first-order valence-corrected chi connectivity index (χ1v) is 27.9.